The Bertz CT molecular complexity index is 1210. The van der Waals surface area contributed by atoms with Crippen molar-refractivity contribution < 1.29 is 9.18 Å². The summed E-state index contributed by atoms with van der Waals surface area (Å²) in [5.41, 5.74) is 1.53. The van der Waals surface area contributed by atoms with Crippen molar-refractivity contribution >= 4 is 52.1 Å². The second-order valence-corrected chi connectivity index (χ2v) is 7.16. The molecule has 1 heterocycles. The maximum Gasteiger partial charge on any atom is 0.280 e. The lowest BCUT2D eigenvalue weighted by molar-refractivity contribution is 0.0948. The third kappa shape index (κ3) is 4.30. The predicted octanol–water partition coefficient (Wildman–Crippen LogP) is 6.50. The molecule has 0 unspecified atom stereocenters. The van der Waals surface area contributed by atoms with Crippen LogP contribution in [0.15, 0.2) is 78.9 Å². The fraction of sp³-hybridized carbons (Fsp3) is 0. The normalized spacial score (nSPS) is 10.6. The van der Waals surface area contributed by atoms with Crippen molar-refractivity contribution in [3.63, 3.8) is 0 Å². The van der Waals surface area contributed by atoms with Crippen molar-refractivity contribution in [3.8, 4) is 0 Å². The molecule has 1 aromatic heterocycles. The zero-order valence-corrected chi connectivity index (χ0v) is 17.0. The van der Waals surface area contributed by atoms with Gasteiger partial charge in [-0.15, -0.1) is 5.10 Å². The summed E-state index contributed by atoms with van der Waals surface area (Å²) in [6.45, 7) is 0. The molecule has 2 N–H and O–H groups in total. The third-order valence-electron chi connectivity index (χ3n) is 4.27. The van der Waals surface area contributed by atoms with E-state index >= 15 is 0 Å². The van der Waals surface area contributed by atoms with Crippen LogP contribution < -0.4 is 10.6 Å². The minimum Gasteiger partial charge on any atom is -0.339 e. The molecule has 0 aliphatic rings. The van der Waals surface area contributed by atoms with Gasteiger partial charge in [0.2, 0.25) is 0 Å². The van der Waals surface area contributed by atoms with Crippen molar-refractivity contribution in [1.29, 1.82) is 0 Å². The SMILES string of the molecule is O=C(c1ccc(F)cc1)n1nc(Nc2ccccc2Cl)cc1Nc1ccccc1Cl. The Labute approximate surface area is 182 Å². The van der Waals surface area contributed by atoms with Crippen LogP contribution in [0.4, 0.5) is 27.4 Å². The molecule has 0 spiro atoms. The molecular weight excluding hydrogens is 426 g/mol. The summed E-state index contributed by atoms with van der Waals surface area (Å²) in [6, 6.07) is 21.2. The zero-order valence-electron chi connectivity index (χ0n) is 15.4. The minimum absolute atomic E-state index is 0.283. The number of rotatable bonds is 5. The number of hydrogen-bond donors (Lipinski definition) is 2. The Balaban J connectivity index is 1.73. The zero-order chi connectivity index (χ0) is 21.1. The molecule has 150 valence electrons. The molecule has 8 heteroatoms. The van der Waals surface area contributed by atoms with E-state index in [2.05, 4.69) is 15.7 Å². The van der Waals surface area contributed by atoms with Gasteiger partial charge < -0.3 is 10.6 Å². The van der Waals surface area contributed by atoms with E-state index in [-0.39, 0.29) is 5.56 Å². The first kappa shape index (κ1) is 19.9. The standard InChI is InChI=1S/C22H15Cl2FN4O/c23-16-5-1-3-7-18(16)26-20-13-21(27-19-8-4-2-6-17(19)24)29(28-20)22(30)14-9-11-15(25)12-10-14/h1-13,27H,(H,26,28). The minimum atomic E-state index is -0.434. The first-order valence-electron chi connectivity index (χ1n) is 8.95. The highest BCUT2D eigenvalue weighted by Crippen LogP contribution is 2.29. The Morgan fingerprint density at radius 1 is 0.833 bits per heavy atom. The molecule has 0 radical (unpaired) electrons. The summed E-state index contributed by atoms with van der Waals surface area (Å²) >= 11 is 12.5. The van der Waals surface area contributed by atoms with E-state index in [1.54, 1.807) is 36.4 Å². The van der Waals surface area contributed by atoms with Crippen LogP contribution in [0.25, 0.3) is 0 Å². The Hall–Kier alpha value is -3.35. The largest absolute Gasteiger partial charge is 0.339 e. The smallest absolute Gasteiger partial charge is 0.280 e. The molecular formula is C22H15Cl2FN4O. The highest BCUT2D eigenvalue weighted by molar-refractivity contribution is 6.33. The van der Waals surface area contributed by atoms with Gasteiger partial charge in [-0.2, -0.15) is 4.68 Å². The molecule has 4 rings (SSSR count). The maximum absolute atomic E-state index is 13.3. The van der Waals surface area contributed by atoms with Crippen LogP contribution in [0.3, 0.4) is 0 Å². The molecule has 0 saturated heterocycles. The van der Waals surface area contributed by atoms with Gasteiger partial charge in [0.15, 0.2) is 5.82 Å². The van der Waals surface area contributed by atoms with Gasteiger partial charge in [-0.1, -0.05) is 47.5 Å². The first-order chi connectivity index (χ1) is 14.5. The number of aromatic nitrogens is 2. The van der Waals surface area contributed by atoms with Crippen LogP contribution in [0.2, 0.25) is 10.0 Å². The molecule has 3 aromatic carbocycles. The van der Waals surface area contributed by atoms with Crippen molar-refractivity contribution in [1.82, 2.24) is 9.78 Å². The number of para-hydroxylation sites is 2. The summed E-state index contributed by atoms with van der Waals surface area (Å²) in [5.74, 6) is -0.0839. The van der Waals surface area contributed by atoms with Gasteiger partial charge in [-0.3, -0.25) is 4.79 Å². The van der Waals surface area contributed by atoms with Crippen molar-refractivity contribution in [2.75, 3.05) is 10.6 Å². The van der Waals surface area contributed by atoms with Gasteiger partial charge in [-0.25, -0.2) is 4.39 Å². The van der Waals surface area contributed by atoms with Crippen LogP contribution in [-0.4, -0.2) is 15.7 Å². The second kappa shape index (κ2) is 8.57. The molecule has 30 heavy (non-hydrogen) atoms. The first-order valence-corrected chi connectivity index (χ1v) is 9.70. The number of nitrogens with one attached hydrogen (secondary N) is 2. The Morgan fingerprint density at radius 2 is 1.40 bits per heavy atom. The van der Waals surface area contributed by atoms with Crippen LogP contribution in [-0.2, 0) is 0 Å². The predicted molar refractivity (Wildman–Crippen MR) is 118 cm³/mol. The van der Waals surface area contributed by atoms with Gasteiger partial charge >= 0.3 is 0 Å². The van der Waals surface area contributed by atoms with Crippen molar-refractivity contribution in [2.45, 2.75) is 0 Å². The van der Waals surface area contributed by atoms with E-state index in [0.29, 0.717) is 33.1 Å². The molecule has 0 bridgehead atoms. The molecule has 0 aliphatic carbocycles. The highest BCUT2D eigenvalue weighted by atomic mass is 35.5. The summed E-state index contributed by atoms with van der Waals surface area (Å²) in [4.78, 5) is 13.0. The van der Waals surface area contributed by atoms with E-state index in [1.807, 2.05) is 18.2 Å². The lowest BCUT2D eigenvalue weighted by Crippen LogP contribution is -2.16. The molecule has 0 aliphatic heterocycles. The average Bonchev–Trinajstić information content (AvgIpc) is 3.14. The van der Waals surface area contributed by atoms with E-state index in [9.17, 15) is 9.18 Å². The molecule has 0 atom stereocenters. The third-order valence-corrected chi connectivity index (χ3v) is 4.93. The van der Waals surface area contributed by atoms with E-state index in [4.69, 9.17) is 23.2 Å². The quantitative estimate of drug-likeness (QED) is 0.371. The van der Waals surface area contributed by atoms with E-state index in [1.165, 1.54) is 28.9 Å². The molecule has 0 fully saturated rings. The fourth-order valence-electron chi connectivity index (χ4n) is 2.80. The molecule has 5 nitrogen and oxygen atoms in total. The van der Waals surface area contributed by atoms with Crippen LogP contribution in [0.1, 0.15) is 10.4 Å². The Morgan fingerprint density at radius 3 is 2.00 bits per heavy atom. The monoisotopic (exact) mass is 440 g/mol. The summed E-state index contributed by atoms with van der Waals surface area (Å²) in [6.07, 6.45) is 0. The van der Waals surface area contributed by atoms with Gasteiger partial charge in [0.05, 0.1) is 21.4 Å². The van der Waals surface area contributed by atoms with Gasteiger partial charge in [0.1, 0.15) is 11.6 Å². The van der Waals surface area contributed by atoms with Crippen LogP contribution >= 0.6 is 23.2 Å². The number of anilines is 4. The fourth-order valence-corrected chi connectivity index (χ4v) is 3.17. The summed E-state index contributed by atoms with van der Waals surface area (Å²) in [7, 11) is 0. The van der Waals surface area contributed by atoms with E-state index in [0.717, 1.165) is 0 Å². The van der Waals surface area contributed by atoms with Gasteiger partial charge in [-0.05, 0) is 48.5 Å². The lowest BCUT2D eigenvalue weighted by atomic mass is 10.2. The van der Waals surface area contributed by atoms with Crippen molar-refractivity contribution in [3.05, 3.63) is 100 Å². The van der Waals surface area contributed by atoms with Crippen molar-refractivity contribution in [2.24, 2.45) is 0 Å². The number of carbonyl (C=O) groups is 1. The summed E-state index contributed by atoms with van der Waals surface area (Å²) in [5, 5.41) is 11.6. The van der Waals surface area contributed by atoms with Crippen LogP contribution in [0.5, 0.6) is 0 Å². The number of nitrogens with zero attached hydrogens (tertiary/aromatic N) is 2. The number of benzene rings is 3. The molecule has 4 aromatic rings. The molecule has 0 saturated carbocycles. The van der Waals surface area contributed by atoms with E-state index < -0.39 is 11.7 Å². The summed E-state index contributed by atoms with van der Waals surface area (Å²) < 4.78 is 14.5. The lowest BCUT2D eigenvalue weighted by Gasteiger charge is -2.10. The topological polar surface area (TPSA) is 59.0 Å². The second-order valence-electron chi connectivity index (χ2n) is 6.35. The van der Waals surface area contributed by atoms with Crippen LogP contribution in [0, 0.1) is 5.82 Å². The van der Waals surface area contributed by atoms with Gasteiger partial charge in [0, 0.05) is 11.6 Å². The maximum atomic E-state index is 13.3. The van der Waals surface area contributed by atoms with Gasteiger partial charge in [0.25, 0.3) is 5.91 Å². The number of halogens is 3. The average molecular weight is 441 g/mol. The number of hydrogen-bond acceptors (Lipinski definition) is 4. The highest BCUT2D eigenvalue weighted by Gasteiger charge is 2.18. The molecule has 0 amide bonds. The number of carbonyl (C=O) groups excluding carboxylic acids is 1. The Kier molecular flexibility index (Phi) is 5.70.